The highest BCUT2D eigenvalue weighted by Crippen LogP contribution is 2.30. The molecule has 1 unspecified atom stereocenters. The number of nitrogens with zero attached hydrogens (tertiary/aromatic N) is 2. The molecule has 1 heterocycles. The number of para-hydroxylation sites is 2. The van der Waals surface area contributed by atoms with Gasteiger partial charge in [0.25, 0.3) is 0 Å². The van der Waals surface area contributed by atoms with Crippen LogP contribution < -0.4 is 15.0 Å². The van der Waals surface area contributed by atoms with Crippen LogP contribution in [-0.2, 0) is 16.1 Å². The first kappa shape index (κ1) is 20.7. The molecule has 6 nitrogen and oxygen atoms in total. The van der Waals surface area contributed by atoms with Crippen molar-refractivity contribution in [2.75, 3.05) is 23.8 Å². The molecule has 1 aliphatic rings. The van der Waals surface area contributed by atoms with Gasteiger partial charge in [-0.15, -0.1) is 13.2 Å². The number of carbonyl (C=O) groups excluding carboxylic acids is 2. The highest BCUT2D eigenvalue weighted by Gasteiger charge is 2.32. The molecule has 0 saturated heterocycles. The number of carbonyl (C=O) groups is 2. The van der Waals surface area contributed by atoms with Crippen LogP contribution in [0.2, 0.25) is 0 Å². The molecule has 1 atom stereocenters. The summed E-state index contributed by atoms with van der Waals surface area (Å²) in [5.41, 5.74) is 1.93. The zero-order valence-electron chi connectivity index (χ0n) is 15.9. The van der Waals surface area contributed by atoms with Gasteiger partial charge in [-0.05, 0) is 43.8 Å². The fraction of sp³-hybridized carbons (Fsp3) is 0.300. The van der Waals surface area contributed by atoms with Crippen molar-refractivity contribution >= 4 is 23.2 Å². The largest absolute Gasteiger partial charge is 0.573 e. The highest BCUT2D eigenvalue weighted by molar-refractivity contribution is 6.11. The minimum atomic E-state index is -4.74. The van der Waals surface area contributed by atoms with Gasteiger partial charge in [-0.2, -0.15) is 0 Å². The molecule has 0 radical (unpaired) electrons. The monoisotopic (exact) mass is 407 g/mol. The maximum atomic E-state index is 13.0. The van der Waals surface area contributed by atoms with E-state index >= 15 is 0 Å². The van der Waals surface area contributed by atoms with E-state index in [0.717, 1.165) is 5.56 Å². The second kappa shape index (κ2) is 8.12. The third-order valence-corrected chi connectivity index (χ3v) is 4.64. The van der Waals surface area contributed by atoms with E-state index in [0.29, 0.717) is 17.9 Å². The first-order valence-electron chi connectivity index (χ1n) is 8.89. The maximum absolute atomic E-state index is 13.0. The Morgan fingerprint density at radius 3 is 2.52 bits per heavy atom. The predicted octanol–water partition coefficient (Wildman–Crippen LogP) is 3.39. The summed E-state index contributed by atoms with van der Waals surface area (Å²) in [6.07, 6.45) is -4.74. The van der Waals surface area contributed by atoms with Crippen molar-refractivity contribution in [2.24, 2.45) is 0 Å². The number of halogens is 3. The van der Waals surface area contributed by atoms with Gasteiger partial charge in [-0.25, -0.2) is 0 Å². The van der Waals surface area contributed by atoms with Gasteiger partial charge in [-0.1, -0.05) is 24.3 Å². The van der Waals surface area contributed by atoms with E-state index in [1.54, 1.807) is 43.1 Å². The molecular weight excluding hydrogens is 387 g/mol. The Kier molecular flexibility index (Phi) is 5.78. The van der Waals surface area contributed by atoms with Crippen molar-refractivity contribution in [2.45, 2.75) is 25.9 Å². The summed E-state index contributed by atoms with van der Waals surface area (Å²) in [7, 11) is 1.73. The van der Waals surface area contributed by atoms with Crippen LogP contribution in [0.25, 0.3) is 0 Å². The fourth-order valence-corrected chi connectivity index (χ4v) is 3.07. The minimum Gasteiger partial charge on any atom is -0.406 e. The van der Waals surface area contributed by atoms with Gasteiger partial charge in [0, 0.05) is 6.54 Å². The van der Waals surface area contributed by atoms with Crippen molar-refractivity contribution in [3.8, 4) is 5.75 Å². The summed E-state index contributed by atoms with van der Waals surface area (Å²) in [5.74, 6) is -0.817. The van der Waals surface area contributed by atoms with Gasteiger partial charge < -0.3 is 10.1 Å². The quantitative estimate of drug-likeness (QED) is 0.826. The van der Waals surface area contributed by atoms with Crippen molar-refractivity contribution in [1.29, 1.82) is 0 Å². The van der Waals surface area contributed by atoms with Crippen molar-refractivity contribution in [3.63, 3.8) is 0 Å². The molecule has 2 aromatic carbocycles. The Labute approximate surface area is 165 Å². The number of alkyl halides is 3. The average Bonchev–Trinajstić information content (AvgIpc) is 2.66. The second-order valence-corrected chi connectivity index (χ2v) is 6.77. The number of fused-ring (bicyclic) bond motifs is 1. The van der Waals surface area contributed by atoms with Gasteiger partial charge in [0.1, 0.15) is 12.3 Å². The number of anilines is 2. The van der Waals surface area contributed by atoms with Gasteiger partial charge in [0.05, 0.1) is 17.4 Å². The molecule has 0 bridgehead atoms. The first-order valence-corrected chi connectivity index (χ1v) is 8.89. The molecular formula is C20H20F3N3O3. The number of amides is 2. The van der Waals surface area contributed by atoms with E-state index in [2.05, 4.69) is 10.1 Å². The van der Waals surface area contributed by atoms with Gasteiger partial charge in [0.15, 0.2) is 0 Å². The lowest BCUT2D eigenvalue weighted by Crippen LogP contribution is -2.50. The zero-order valence-corrected chi connectivity index (χ0v) is 15.9. The number of nitrogens with one attached hydrogen (secondary N) is 1. The van der Waals surface area contributed by atoms with Crippen molar-refractivity contribution in [1.82, 2.24) is 4.90 Å². The number of rotatable bonds is 5. The van der Waals surface area contributed by atoms with E-state index in [9.17, 15) is 22.8 Å². The highest BCUT2D eigenvalue weighted by atomic mass is 19.4. The van der Waals surface area contributed by atoms with Crippen LogP contribution in [-0.4, -0.2) is 42.7 Å². The smallest absolute Gasteiger partial charge is 0.406 e. The summed E-state index contributed by atoms with van der Waals surface area (Å²) in [6, 6.07) is 12.0. The van der Waals surface area contributed by atoms with Crippen LogP contribution in [0.4, 0.5) is 24.5 Å². The maximum Gasteiger partial charge on any atom is 0.573 e. The summed E-state index contributed by atoms with van der Waals surface area (Å²) in [5, 5.41) is 2.74. The Hall–Kier alpha value is -3.07. The van der Waals surface area contributed by atoms with E-state index in [1.807, 2.05) is 0 Å². The lowest BCUT2D eigenvalue weighted by atomic mass is 10.1. The zero-order chi connectivity index (χ0) is 21.2. The third-order valence-electron chi connectivity index (χ3n) is 4.64. The molecule has 1 N–H and O–H groups in total. The van der Waals surface area contributed by atoms with Crippen LogP contribution >= 0.6 is 0 Å². The Balaban J connectivity index is 1.68. The van der Waals surface area contributed by atoms with Crippen molar-refractivity contribution in [3.05, 3.63) is 54.1 Å². The lowest BCUT2D eigenvalue weighted by molar-refractivity contribution is -0.274. The van der Waals surface area contributed by atoms with E-state index in [-0.39, 0.29) is 24.1 Å². The van der Waals surface area contributed by atoms with Crippen LogP contribution in [0.15, 0.2) is 48.5 Å². The molecule has 9 heteroatoms. The Morgan fingerprint density at radius 2 is 1.86 bits per heavy atom. The molecule has 0 aliphatic carbocycles. The molecule has 3 rings (SSSR count). The van der Waals surface area contributed by atoms with Gasteiger partial charge in [-0.3, -0.25) is 19.4 Å². The molecule has 0 aromatic heterocycles. The van der Waals surface area contributed by atoms with Gasteiger partial charge >= 0.3 is 6.36 Å². The number of hydrogen-bond acceptors (Lipinski definition) is 4. The fourth-order valence-electron chi connectivity index (χ4n) is 3.07. The van der Waals surface area contributed by atoms with Crippen LogP contribution in [0.5, 0.6) is 5.75 Å². The predicted molar refractivity (Wildman–Crippen MR) is 101 cm³/mol. The summed E-state index contributed by atoms with van der Waals surface area (Å²) in [6.45, 7) is 1.98. The second-order valence-electron chi connectivity index (χ2n) is 6.77. The first-order chi connectivity index (χ1) is 13.6. The van der Waals surface area contributed by atoms with Crippen LogP contribution in [0.3, 0.4) is 0 Å². The number of likely N-dealkylation sites (N-methyl/N-ethyl adjacent to an activating group) is 1. The molecule has 29 heavy (non-hydrogen) atoms. The summed E-state index contributed by atoms with van der Waals surface area (Å²) in [4.78, 5) is 28.2. The number of benzene rings is 2. The molecule has 2 amide bonds. The van der Waals surface area contributed by atoms with Crippen LogP contribution in [0.1, 0.15) is 12.5 Å². The Bertz CT molecular complexity index is 900. The average molecular weight is 407 g/mol. The third kappa shape index (κ3) is 5.05. The van der Waals surface area contributed by atoms with E-state index in [4.69, 9.17) is 0 Å². The normalized spacial score (nSPS) is 15.0. The van der Waals surface area contributed by atoms with E-state index < -0.39 is 12.4 Å². The topological polar surface area (TPSA) is 61.9 Å². The molecule has 154 valence electrons. The molecule has 0 fully saturated rings. The number of hydrogen-bond donors (Lipinski definition) is 1. The van der Waals surface area contributed by atoms with Gasteiger partial charge in [0.2, 0.25) is 11.8 Å². The van der Waals surface area contributed by atoms with E-state index in [1.165, 1.54) is 29.2 Å². The number of ether oxygens (including phenoxy) is 1. The SMILES string of the molecule is CC(C(=O)N1CC(=O)Nc2ccccc21)N(C)Cc1ccc(OC(F)(F)F)cc1. The molecule has 1 aliphatic heterocycles. The Morgan fingerprint density at radius 1 is 1.21 bits per heavy atom. The minimum absolute atomic E-state index is 0.0719. The van der Waals surface area contributed by atoms with Crippen LogP contribution in [0, 0.1) is 0 Å². The molecule has 0 spiro atoms. The summed E-state index contributed by atoms with van der Waals surface area (Å²) < 4.78 is 40.6. The standard InChI is InChI=1S/C20H20F3N3O3/c1-13(19(28)26-12-18(27)24-16-5-3-4-6-17(16)26)25(2)11-14-7-9-15(10-8-14)29-20(21,22)23/h3-10,13H,11-12H2,1-2H3,(H,24,27). The lowest BCUT2D eigenvalue weighted by Gasteiger charge is -2.33. The summed E-state index contributed by atoms with van der Waals surface area (Å²) >= 11 is 0. The van der Waals surface area contributed by atoms with Crippen molar-refractivity contribution < 1.29 is 27.5 Å². The molecule has 0 saturated carbocycles. The molecule has 2 aromatic rings.